The largest absolute Gasteiger partial charge is 0.366 e. The van der Waals surface area contributed by atoms with E-state index in [-0.39, 0.29) is 11.7 Å². The van der Waals surface area contributed by atoms with Gasteiger partial charge in [-0.3, -0.25) is 14.4 Å². The zero-order valence-corrected chi connectivity index (χ0v) is 14.8. The van der Waals surface area contributed by atoms with Crippen molar-refractivity contribution in [2.75, 3.05) is 13.1 Å². The van der Waals surface area contributed by atoms with Crippen LogP contribution in [-0.4, -0.2) is 35.6 Å². The Labute approximate surface area is 150 Å². The molecule has 5 nitrogen and oxygen atoms in total. The lowest BCUT2D eigenvalue weighted by Gasteiger charge is -2.16. The zero-order chi connectivity index (χ0) is 18.0. The number of hydrogen-bond donors (Lipinski definition) is 1. The smallest absolute Gasteiger partial charge is 0.254 e. The van der Waals surface area contributed by atoms with Crippen LogP contribution >= 0.6 is 11.3 Å². The van der Waals surface area contributed by atoms with E-state index in [1.54, 1.807) is 17.5 Å². The molecule has 1 unspecified atom stereocenters. The maximum Gasteiger partial charge on any atom is 0.254 e. The number of ketones is 1. The number of hydrogen-bond acceptors (Lipinski definition) is 4. The molecular formula is C19H20N2O3S. The highest BCUT2D eigenvalue weighted by Gasteiger charge is 2.27. The summed E-state index contributed by atoms with van der Waals surface area (Å²) >= 11 is 1.31. The van der Waals surface area contributed by atoms with Crippen LogP contribution in [0, 0.1) is 5.92 Å². The second kappa shape index (κ2) is 7.19. The Morgan fingerprint density at radius 1 is 1.24 bits per heavy atom. The van der Waals surface area contributed by atoms with Crippen LogP contribution in [0.5, 0.6) is 0 Å². The van der Waals surface area contributed by atoms with E-state index in [9.17, 15) is 14.4 Å². The standard InChI is InChI=1S/C19H20N2O3S/c1-12(22)17-9-16(11-25-17)19(24)21-6-5-14(10-21)7-13-3-2-4-15(8-13)18(20)23/h2-4,8-9,11,14H,5-7,10H2,1H3,(H2,20,23). The summed E-state index contributed by atoms with van der Waals surface area (Å²) in [6.07, 6.45) is 1.74. The molecule has 1 atom stereocenters. The van der Waals surface area contributed by atoms with Crippen LogP contribution in [-0.2, 0) is 6.42 Å². The zero-order valence-electron chi connectivity index (χ0n) is 14.0. The maximum absolute atomic E-state index is 12.6. The Morgan fingerprint density at radius 3 is 2.72 bits per heavy atom. The first-order chi connectivity index (χ1) is 11.9. The normalized spacial score (nSPS) is 16.8. The lowest BCUT2D eigenvalue weighted by Crippen LogP contribution is -2.28. The maximum atomic E-state index is 12.6. The average Bonchev–Trinajstić information content (AvgIpc) is 3.24. The summed E-state index contributed by atoms with van der Waals surface area (Å²) in [4.78, 5) is 37.7. The first-order valence-electron chi connectivity index (χ1n) is 8.21. The Balaban J connectivity index is 1.63. The van der Waals surface area contributed by atoms with Gasteiger partial charge in [-0.15, -0.1) is 11.3 Å². The van der Waals surface area contributed by atoms with Crippen molar-refractivity contribution in [3.05, 3.63) is 57.3 Å². The fourth-order valence-electron chi connectivity index (χ4n) is 3.18. The van der Waals surface area contributed by atoms with Gasteiger partial charge >= 0.3 is 0 Å². The van der Waals surface area contributed by atoms with Crippen molar-refractivity contribution in [3.8, 4) is 0 Å². The van der Waals surface area contributed by atoms with Gasteiger partial charge in [0, 0.05) is 24.0 Å². The summed E-state index contributed by atoms with van der Waals surface area (Å²) in [5.41, 5.74) is 7.49. The van der Waals surface area contributed by atoms with Crippen LogP contribution < -0.4 is 5.73 Å². The van der Waals surface area contributed by atoms with Gasteiger partial charge in [-0.05, 0) is 49.4 Å². The average molecular weight is 356 g/mol. The van der Waals surface area contributed by atoms with Crippen molar-refractivity contribution in [3.63, 3.8) is 0 Å². The highest BCUT2D eigenvalue weighted by atomic mass is 32.1. The number of benzene rings is 1. The SMILES string of the molecule is CC(=O)c1cc(C(=O)N2CCC(Cc3cccc(C(N)=O)c3)C2)cs1. The molecule has 6 heteroatoms. The number of carbonyl (C=O) groups is 3. The number of primary amides is 1. The van der Waals surface area contributed by atoms with Gasteiger partial charge in [-0.1, -0.05) is 12.1 Å². The quantitative estimate of drug-likeness (QED) is 0.837. The molecule has 1 aromatic carbocycles. The van der Waals surface area contributed by atoms with Crippen LogP contribution in [0.25, 0.3) is 0 Å². The molecule has 0 bridgehead atoms. The summed E-state index contributed by atoms with van der Waals surface area (Å²) in [6.45, 7) is 2.90. The van der Waals surface area contributed by atoms with Crippen molar-refractivity contribution in [1.29, 1.82) is 0 Å². The van der Waals surface area contributed by atoms with Crippen LogP contribution in [0.4, 0.5) is 0 Å². The number of carbonyl (C=O) groups excluding carboxylic acids is 3. The predicted octanol–water partition coefficient (Wildman–Crippen LogP) is 2.75. The molecule has 1 fully saturated rings. The molecule has 0 saturated carbocycles. The minimum atomic E-state index is -0.427. The molecule has 2 aromatic rings. The summed E-state index contributed by atoms with van der Waals surface area (Å²) in [5.74, 6) is -0.100. The molecule has 1 saturated heterocycles. The topological polar surface area (TPSA) is 80.5 Å². The minimum absolute atomic E-state index is 0.0160. The number of nitrogens with zero attached hydrogens (tertiary/aromatic N) is 1. The number of amides is 2. The van der Waals surface area contributed by atoms with Gasteiger partial charge in [-0.25, -0.2) is 0 Å². The van der Waals surface area contributed by atoms with Crippen LogP contribution in [0.3, 0.4) is 0 Å². The van der Waals surface area contributed by atoms with E-state index < -0.39 is 5.91 Å². The molecule has 3 rings (SSSR count). The summed E-state index contributed by atoms with van der Waals surface area (Å²) in [5, 5.41) is 1.75. The molecule has 1 aliphatic rings. The predicted molar refractivity (Wildman–Crippen MR) is 97.0 cm³/mol. The number of likely N-dealkylation sites (tertiary alicyclic amines) is 1. The van der Waals surface area contributed by atoms with Crippen molar-refractivity contribution >= 4 is 28.9 Å². The van der Waals surface area contributed by atoms with Gasteiger partial charge in [0.25, 0.3) is 5.91 Å². The third kappa shape index (κ3) is 3.96. The molecule has 0 spiro atoms. The van der Waals surface area contributed by atoms with Crippen LogP contribution in [0.2, 0.25) is 0 Å². The van der Waals surface area contributed by atoms with Crippen molar-refractivity contribution in [1.82, 2.24) is 4.90 Å². The fourth-order valence-corrected chi connectivity index (χ4v) is 3.97. The van der Waals surface area contributed by atoms with Gasteiger partial charge in [-0.2, -0.15) is 0 Å². The van der Waals surface area contributed by atoms with E-state index in [1.807, 2.05) is 23.1 Å². The molecule has 2 N–H and O–H groups in total. The molecule has 2 heterocycles. The molecule has 1 aliphatic heterocycles. The number of thiophene rings is 1. The second-order valence-corrected chi connectivity index (χ2v) is 7.34. The highest BCUT2D eigenvalue weighted by Crippen LogP contribution is 2.24. The fraction of sp³-hybridized carbons (Fsp3) is 0.316. The van der Waals surface area contributed by atoms with E-state index in [4.69, 9.17) is 5.73 Å². The first kappa shape index (κ1) is 17.4. The summed E-state index contributed by atoms with van der Waals surface area (Å²) in [6, 6.07) is 9.03. The molecule has 0 radical (unpaired) electrons. The summed E-state index contributed by atoms with van der Waals surface area (Å²) in [7, 11) is 0. The Hall–Kier alpha value is -2.47. The third-order valence-electron chi connectivity index (χ3n) is 4.50. The van der Waals surface area contributed by atoms with Crippen LogP contribution in [0.15, 0.2) is 35.7 Å². The van der Waals surface area contributed by atoms with Gasteiger partial charge in [0.1, 0.15) is 0 Å². The van der Waals surface area contributed by atoms with E-state index in [0.717, 1.165) is 18.4 Å². The second-order valence-electron chi connectivity index (χ2n) is 6.43. The number of rotatable bonds is 5. The van der Waals surface area contributed by atoms with Crippen molar-refractivity contribution in [2.24, 2.45) is 11.7 Å². The number of nitrogens with two attached hydrogens (primary N) is 1. The van der Waals surface area contributed by atoms with Gasteiger partial charge in [0.05, 0.1) is 10.4 Å². The number of Topliss-reactive ketones (excluding diaryl/α,β-unsaturated/α-hetero) is 1. The Kier molecular flexibility index (Phi) is 4.99. The molecule has 2 amide bonds. The van der Waals surface area contributed by atoms with Crippen molar-refractivity contribution in [2.45, 2.75) is 19.8 Å². The highest BCUT2D eigenvalue weighted by molar-refractivity contribution is 7.12. The molecular weight excluding hydrogens is 336 g/mol. The molecule has 0 aliphatic carbocycles. The Morgan fingerprint density at radius 2 is 2.04 bits per heavy atom. The third-order valence-corrected chi connectivity index (χ3v) is 5.53. The van der Waals surface area contributed by atoms with E-state index in [2.05, 4.69) is 0 Å². The summed E-state index contributed by atoms with van der Waals surface area (Å²) < 4.78 is 0. The minimum Gasteiger partial charge on any atom is -0.366 e. The van der Waals surface area contributed by atoms with E-state index in [0.29, 0.717) is 35.0 Å². The van der Waals surface area contributed by atoms with Gasteiger partial charge < -0.3 is 10.6 Å². The van der Waals surface area contributed by atoms with E-state index in [1.165, 1.54) is 18.3 Å². The lowest BCUT2D eigenvalue weighted by atomic mass is 9.97. The van der Waals surface area contributed by atoms with Gasteiger partial charge in [0.2, 0.25) is 5.91 Å². The monoisotopic (exact) mass is 356 g/mol. The molecule has 25 heavy (non-hydrogen) atoms. The molecule has 1 aromatic heterocycles. The van der Waals surface area contributed by atoms with E-state index >= 15 is 0 Å². The Bertz CT molecular complexity index is 828. The first-order valence-corrected chi connectivity index (χ1v) is 9.09. The lowest BCUT2D eigenvalue weighted by molar-refractivity contribution is 0.0787. The molecule has 130 valence electrons. The van der Waals surface area contributed by atoms with Crippen LogP contribution in [0.1, 0.15) is 49.3 Å². The van der Waals surface area contributed by atoms with Gasteiger partial charge in [0.15, 0.2) is 5.78 Å². The van der Waals surface area contributed by atoms with Crippen molar-refractivity contribution < 1.29 is 14.4 Å².